The van der Waals surface area contributed by atoms with Crippen molar-refractivity contribution in [3.8, 4) is 0 Å². The van der Waals surface area contributed by atoms with Gasteiger partial charge in [0.15, 0.2) is 0 Å². The molecule has 1 unspecified atom stereocenters. The van der Waals surface area contributed by atoms with Crippen LogP contribution in [0.2, 0.25) is 0 Å². The number of hydrogen-bond acceptors (Lipinski definition) is 2. The minimum atomic E-state index is 0.0910. The third-order valence-corrected chi connectivity index (χ3v) is 2.73. The maximum absolute atomic E-state index is 11.8. The summed E-state index contributed by atoms with van der Waals surface area (Å²) in [7, 11) is 1.94. The second-order valence-corrected chi connectivity index (χ2v) is 4.25. The Hall–Kier alpha value is -1.03. The topological polar surface area (TPSA) is 39.0 Å². The van der Waals surface area contributed by atoms with Gasteiger partial charge >= 0.3 is 5.69 Å². The molecule has 0 fully saturated rings. The van der Waals surface area contributed by atoms with Crippen molar-refractivity contribution in [2.24, 2.45) is 0 Å². The number of aryl methyl sites for hydroxylation is 1. The van der Waals surface area contributed by atoms with E-state index in [4.69, 9.17) is 0 Å². The molecule has 0 aromatic carbocycles. The lowest BCUT2D eigenvalue weighted by Crippen LogP contribution is -2.28. The maximum Gasteiger partial charge on any atom is 0.328 e. The summed E-state index contributed by atoms with van der Waals surface area (Å²) in [6.07, 6.45) is 4.69. The van der Waals surface area contributed by atoms with Gasteiger partial charge in [-0.2, -0.15) is 0 Å². The summed E-state index contributed by atoms with van der Waals surface area (Å²) in [6, 6.07) is 0.680. The number of aromatic nitrogens is 2. The van der Waals surface area contributed by atoms with Crippen LogP contribution in [0.1, 0.15) is 33.2 Å². The van der Waals surface area contributed by atoms with Crippen LogP contribution in [0.4, 0.5) is 0 Å². The lowest BCUT2D eigenvalue weighted by Gasteiger charge is -2.09. The van der Waals surface area contributed by atoms with E-state index in [1.807, 2.05) is 33.3 Å². The SMILES string of the molecule is CNC(C)CCn1ccn(C(C)C)c1=O. The highest BCUT2D eigenvalue weighted by Crippen LogP contribution is 2.00. The maximum atomic E-state index is 11.8. The third-order valence-electron chi connectivity index (χ3n) is 2.73. The molecule has 1 rings (SSSR count). The number of nitrogens with zero attached hydrogens (tertiary/aromatic N) is 2. The van der Waals surface area contributed by atoms with Gasteiger partial charge < -0.3 is 5.32 Å². The van der Waals surface area contributed by atoms with Crippen molar-refractivity contribution in [1.29, 1.82) is 0 Å². The molecule has 1 aromatic rings. The number of nitrogens with one attached hydrogen (secondary N) is 1. The minimum absolute atomic E-state index is 0.0910. The molecular weight excluding hydrogens is 190 g/mol. The van der Waals surface area contributed by atoms with E-state index in [0.29, 0.717) is 6.04 Å². The lowest BCUT2D eigenvalue weighted by molar-refractivity contribution is 0.489. The quantitative estimate of drug-likeness (QED) is 0.795. The molecule has 0 spiro atoms. The van der Waals surface area contributed by atoms with E-state index in [1.165, 1.54) is 0 Å². The van der Waals surface area contributed by atoms with E-state index >= 15 is 0 Å². The van der Waals surface area contributed by atoms with Crippen molar-refractivity contribution in [2.45, 2.75) is 45.8 Å². The molecule has 1 aromatic heterocycles. The molecule has 1 atom stereocenters. The van der Waals surface area contributed by atoms with Crippen LogP contribution in [0, 0.1) is 0 Å². The van der Waals surface area contributed by atoms with Crippen LogP contribution in [0.15, 0.2) is 17.2 Å². The first-order chi connectivity index (χ1) is 7.06. The highest BCUT2D eigenvalue weighted by Gasteiger charge is 2.06. The fourth-order valence-corrected chi connectivity index (χ4v) is 1.47. The zero-order valence-corrected chi connectivity index (χ0v) is 10.0. The van der Waals surface area contributed by atoms with Gasteiger partial charge in [-0.25, -0.2) is 4.79 Å². The average molecular weight is 211 g/mol. The van der Waals surface area contributed by atoms with Gasteiger partial charge in [-0.15, -0.1) is 0 Å². The Morgan fingerprint density at radius 2 is 2.00 bits per heavy atom. The number of rotatable bonds is 5. The van der Waals surface area contributed by atoms with Gasteiger partial charge in [0, 0.05) is 31.0 Å². The van der Waals surface area contributed by atoms with Crippen molar-refractivity contribution < 1.29 is 0 Å². The zero-order chi connectivity index (χ0) is 11.4. The molecule has 1 heterocycles. The Bertz CT molecular complexity index is 351. The highest BCUT2D eigenvalue weighted by molar-refractivity contribution is 4.83. The molecule has 1 N–H and O–H groups in total. The standard InChI is InChI=1S/C11H21N3O/c1-9(2)14-8-7-13(11(14)15)6-5-10(3)12-4/h7-10,12H,5-6H2,1-4H3. The molecule has 0 saturated heterocycles. The predicted octanol–water partition coefficient (Wildman–Crippen LogP) is 1.23. The Labute approximate surface area is 90.9 Å². The van der Waals surface area contributed by atoms with Crippen LogP contribution in [0.5, 0.6) is 0 Å². The Morgan fingerprint density at radius 3 is 2.47 bits per heavy atom. The van der Waals surface area contributed by atoms with Gasteiger partial charge in [-0.1, -0.05) is 0 Å². The van der Waals surface area contributed by atoms with Crippen LogP contribution in [-0.2, 0) is 6.54 Å². The molecule has 0 radical (unpaired) electrons. The molecule has 86 valence electrons. The summed E-state index contributed by atoms with van der Waals surface area (Å²) in [4.78, 5) is 11.8. The summed E-state index contributed by atoms with van der Waals surface area (Å²) in [5.41, 5.74) is 0.0910. The summed E-state index contributed by atoms with van der Waals surface area (Å²) in [5, 5.41) is 3.16. The Morgan fingerprint density at radius 1 is 1.33 bits per heavy atom. The molecule has 15 heavy (non-hydrogen) atoms. The van der Waals surface area contributed by atoms with Crippen molar-refractivity contribution >= 4 is 0 Å². The fourth-order valence-electron chi connectivity index (χ4n) is 1.47. The summed E-state index contributed by atoms with van der Waals surface area (Å²) in [5.74, 6) is 0. The lowest BCUT2D eigenvalue weighted by atomic mass is 10.2. The normalized spacial score (nSPS) is 13.4. The first-order valence-corrected chi connectivity index (χ1v) is 5.50. The third kappa shape index (κ3) is 2.96. The van der Waals surface area contributed by atoms with Gasteiger partial charge in [0.05, 0.1) is 0 Å². The molecule has 0 saturated carbocycles. The number of hydrogen-bond donors (Lipinski definition) is 1. The van der Waals surface area contributed by atoms with E-state index in [0.717, 1.165) is 13.0 Å². The predicted molar refractivity (Wildman–Crippen MR) is 62.2 cm³/mol. The molecule has 0 amide bonds. The van der Waals surface area contributed by atoms with Crippen LogP contribution in [0.25, 0.3) is 0 Å². The number of imidazole rings is 1. The first kappa shape index (κ1) is 12.0. The monoisotopic (exact) mass is 211 g/mol. The second kappa shape index (κ2) is 5.16. The molecule has 4 heteroatoms. The van der Waals surface area contributed by atoms with Gasteiger partial charge in [0.25, 0.3) is 0 Å². The van der Waals surface area contributed by atoms with Gasteiger partial charge in [0.1, 0.15) is 0 Å². The van der Waals surface area contributed by atoms with Gasteiger partial charge in [-0.05, 0) is 34.2 Å². The fraction of sp³-hybridized carbons (Fsp3) is 0.727. The average Bonchev–Trinajstić information content (AvgIpc) is 2.56. The van der Waals surface area contributed by atoms with Gasteiger partial charge in [0.2, 0.25) is 0 Å². The van der Waals surface area contributed by atoms with Crippen molar-refractivity contribution in [1.82, 2.24) is 14.5 Å². The second-order valence-electron chi connectivity index (χ2n) is 4.25. The molecular formula is C11H21N3O. The van der Waals surface area contributed by atoms with Crippen molar-refractivity contribution in [3.63, 3.8) is 0 Å². The summed E-state index contributed by atoms with van der Waals surface area (Å²) >= 11 is 0. The van der Waals surface area contributed by atoms with Crippen LogP contribution in [-0.4, -0.2) is 22.2 Å². The van der Waals surface area contributed by atoms with E-state index in [9.17, 15) is 4.79 Å². The first-order valence-electron chi connectivity index (χ1n) is 5.50. The molecule has 0 bridgehead atoms. The largest absolute Gasteiger partial charge is 0.328 e. The van der Waals surface area contributed by atoms with Gasteiger partial charge in [-0.3, -0.25) is 9.13 Å². The molecule has 4 nitrogen and oxygen atoms in total. The van der Waals surface area contributed by atoms with Crippen molar-refractivity contribution in [3.05, 3.63) is 22.9 Å². The smallest absolute Gasteiger partial charge is 0.317 e. The summed E-state index contributed by atoms with van der Waals surface area (Å²) < 4.78 is 3.53. The Kier molecular flexibility index (Phi) is 4.15. The van der Waals surface area contributed by atoms with Crippen LogP contribution in [0.3, 0.4) is 0 Å². The zero-order valence-electron chi connectivity index (χ0n) is 10.0. The van der Waals surface area contributed by atoms with Crippen LogP contribution >= 0.6 is 0 Å². The van der Waals surface area contributed by atoms with E-state index in [2.05, 4.69) is 12.2 Å². The molecule has 0 aliphatic rings. The van der Waals surface area contributed by atoms with E-state index in [-0.39, 0.29) is 11.7 Å². The minimum Gasteiger partial charge on any atom is -0.317 e. The highest BCUT2D eigenvalue weighted by atomic mass is 16.1. The molecule has 0 aliphatic heterocycles. The van der Waals surface area contributed by atoms with E-state index < -0.39 is 0 Å². The van der Waals surface area contributed by atoms with E-state index in [1.54, 1.807) is 9.13 Å². The molecule has 0 aliphatic carbocycles. The Balaban J connectivity index is 2.67. The van der Waals surface area contributed by atoms with Crippen LogP contribution < -0.4 is 11.0 Å². The summed E-state index contributed by atoms with van der Waals surface area (Å²) in [6.45, 7) is 6.93. The van der Waals surface area contributed by atoms with Crippen molar-refractivity contribution in [2.75, 3.05) is 7.05 Å².